The number of likely N-dealkylation sites (tertiary alicyclic amines) is 1. The SMILES string of the molecule is COCC1CCN(Cc2cccnc2N)C1. The third-order valence-corrected chi connectivity index (χ3v) is 3.09. The molecule has 0 bridgehead atoms. The summed E-state index contributed by atoms with van der Waals surface area (Å²) in [7, 11) is 1.77. The van der Waals surface area contributed by atoms with Crippen molar-refractivity contribution in [2.75, 3.05) is 32.5 Å². The van der Waals surface area contributed by atoms with E-state index < -0.39 is 0 Å². The molecule has 1 unspecified atom stereocenters. The van der Waals surface area contributed by atoms with Gasteiger partial charge in [-0.05, 0) is 24.9 Å². The zero-order valence-corrected chi connectivity index (χ0v) is 9.72. The van der Waals surface area contributed by atoms with Crippen LogP contribution in [0.25, 0.3) is 0 Å². The molecule has 0 spiro atoms. The van der Waals surface area contributed by atoms with Gasteiger partial charge >= 0.3 is 0 Å². The van der Waals surface area contributed by atoms with E-state index in [2.05, 4.69) is 9.88 Å². The second-order valence-electron chi connectivity index (χ2n) is 4.39. The van der Waals surface area contributed by atoms with E-state index >= 15 is 0 Å². The summed E-state index contributed by atoms with van der Waals surface area (Å²) >= 11 is 0. The Kier molecular flexibility index (Phi) is 3.74. The van der Waals surface area contributed by atoms with Gasteiger partial charge in [0.2, 0.25) is 0 Å². The maximum atomic E-state index is 5.83. The van der Waals surface area contributed by atoms with Crippen molar-refractivity contribution in [3.8, 4) is 0 Å². The van der Waals surface area contributed by atoms with Crippen LogP contribution in [0, 0.1) is 5.92 Å². The second kappa shape index (κ2) is 5.27. The topological polar surface area (TPSA) is 51.4 Å². The van der Waals surface area contributed by atoms with Gasteiger partial charge in [-0.3, -0.25) is 4.90 Å². The van der Waals surface area contributed by atoms with Gasteiger partial charge in [-0.25, -0.2) is 4.98 Å². The summed E-state index contributed by atoms with van der Waals surface area (Å²) in [6.45, 7) is 3.99. The molecule has 16 heavy (non-hydrogen) atoms. The minimum Gasteiger partial charge on any atom is -0.384 e. The van der Waals surface area contributed by atoms with Crippen LogP contribution in [0.1, 0.15) is 12.0 Å². The molecule has 1 atom stereocenters. The highest BCUT2D eigenvalue weighted by molar-refractivity contribution is 5.38. The van der Waals surface area contributed by atoms with Crippen LogP contribution in [0.15, 0.2) is 18.3 Å². The number of nitrogens with two attached hydrogens (primary N) is 1. The first-order chi connectivity index (χ1) is 7.79. The molecular weight excluding hydrogens is 202 g/mol. The standard InChI is InChI=1S/C12H19N3O/c1-16-9-10-4-6-15(7-10)8-11-3-2-5-14-12(11)13/h2-3,5,10H,4,6-9H2,1H3,(H2,13,14). The lowest BCUT2D eigenvalue weighted by molar-refractivity contribution is 0.152. The van der Waals surface area contributed by atoms with Crippen LogP contribution in [-0.4, -0.2) is 36.7 Å². The van der Waals surface area contributed by atoms with Crippen molar-refractivity contribution in [2.24, 2.45) is 5.92 Å². The number of pyridine rings is 1. The molecule has 1 saturated heterocycles. The second-order valence-corrected chi connectivity index (χ2v) is 4.39. The average molecular weight is 221 g/mol. The van der Waals surface area contributed by atoms with Gasteiger partial charge in [0.15, 0.2) is 0 Å². The molecule has 2 N–H and O–H groups in total. The maximum Gasteiger partial charge on any atom is 0.127 e. The normalized spacial score (nSPS) is 21.4. The Morgan fingerprint density at radius 1 is 1.62 bits per heavy atom. The molecule has 1 aliphatic heterocycles. The van der Waals surface area contributed by atoms with Crippen LogP contribution in [0.3, 0.4) is 0 Å². The largest absolute Gasteiger partial charge is 0.384 e. The summed E-state index contributed by atoms with van der Waals surface area (Å²) in [5.74, 6) is 1.32. The predicted octanol–water partition coefficient (Wildman–Crippen LogP) is 1.13. The van der Waals surface area contributed by atoms with E-state index in [1.807, 2.05) is 12.1 Å². The zero-order chi connectivity index (χ0) is 11.4. The number of aromatic nitrogens is 1. The predicted molar refractivity (Wildman–Crippen MR) is 63.9 cm³/mol. The van der Waals surface area contributed by atoms with E-state index in [0.717, 1.165) is 31.8 Å². The van der Waals surface area contributed by atoms with Gasteiger partial charge in [0.05, 0.1) is 6.61 Å². The summed E-state index contributed by atoms with van der Waals surface area (Å²) in [5.41, 5.74) is 6.96. The van der Waals surface area contributed by atoms with E-state index in [4.69, 9.17) is 10.5 Å². The van der Waals surface area contributed by atoms with Gasteiger partial charge in [0.1, 0.15) is 5.82 Å². The Labute approximate surface area is 96.4 Å². The fourth-order valence-electron chi connectivity index (χ4n) is 2.25. The lowest BCUT2D eigenvalue weighted by Crippen LogP contribution is -2.22. The summed E-state index contributed by atoms with van der Waals surface area (Å²) in [6, 6.07) is 3.99. The molecule has 4 heteroatoms. The van der Waals surface area contributed by atoms with Crippen LogP contribution in [0.2, 0.25) is 0 Å². The highest BCUT2D eigenvalue weighted by Gasteiger charge is 2.22. The Hall–Kier alpha value is -1.13. The monoisotopic (exact) mass is 221 g/mol. The fourth-order valence-corrected chi connectivity index (χ4v) is 2.25. The summed E-state index contributed by atoms with van der Waals surface area (Å²) in [6.07, 6.45) is 2.95. The molecule has 0 radical (unpaired) electrons. The van der Waals surface area contributed by atoms with E-state index in [1.54, 1.807) is 13.3 Å². The maximum absolute atomic E-state index is 5.83. The van der Waals surface area contributed by atoms with Gasteiger partial charge in [0, 0.05) is 32.0 Å². The van der Waals surface area contributed by atoms with Crippen molar-refractivity contribution in [1.29, 1.82) is 0 Å². The number of hydrogen-bond acceptors (Lipinski definition) is 4. The van der Waals surface area contributed by atoms with Gasteiger partial charge < -0.3 is 10.5 Å². The Balaban J connectivity index is 1.90. The molecule has 0 amide bonds. The number of methoxy groups -OCH3 is 1. The number of rotatable bonds is 4. The zero-order valence-electron chi connectivity index (χ0n) is 9.72. The lowest BCUT2D eigenvalue weighted by atomic mass is 10.1. The molecule has 1 aromatic heterocycles. The minimum atomic E-state index is 0.651. The Bertz CT molecular complexity index is 343. The summed E-state index contributed by atoms with van der Waals surface area (Å²) < 4.78 is 5.18. The quantitative estimate of drug-likeness (QED) is 0.828. The first-order valence-electron chi connectivity index (χ1n) is 5.70. The highest BCUT2D eigenvalue weighted by Crippen LogP contribution is 2.20. The van der Waals surface area contributed by atoms with Crippen molar-refractivity contribution >= 4 is 5.82 Å². The Morgan fingerprint density at radius 2 is 2.50 bits per heavy atom. The number of ether oxygens (including phenoxy) is 1. The molecule has 4 nitrogen and oxygen atoms in total. The van der Waals surface area contributed by atoms with Crippen LogP contribution in [0.5, 0.6) is 0 Å². The van der Waals surface area contributed by atoms with Gasteiger partial charge in [-0.2, -0.15) is 0 Å². The summed E-state index contributed by atoms with van der Waals surface area (Å²) in [4.78, 5) is 6.52. The number of hydrogen-bond donors (Lipinski definition) is 1. The third-order valence-electron chi connectivity index (χ3n) is 3.09. The number of anilines is 1. The third kappa shape index (κ3) is 2.71. The van der Waals surface area contributed by atoms with Gasteiger partial charge in [-0.15, -0.1) is 0 Å². The van der Waals surface area contributed by atoms with E-state index in [-0.39, 0.29) is 0 Å². The number of nitrogen functional groups attached to an aromatic ring is 1. The molecule has 0 aromatic carbocycles. The average Bonchev–Trinajstić information content (AvgIpc) is 2.70. The van der Waals surface area contributed by atoms with Crippen LogP contribution in [-0.2, 0) is 11.3 Å². The first kappa shape index (κ1) is 11.4. The first-order valence-corrected chi connectivity index (χ1v) is 5.70. The van der Waals surface area contributed by atoms with Crippen molar-refractivity contribution in [1.82, 2.24) is 9.88 Å². The molecule has 0 aliphatic carbocycles. The molecule has 1 aromatic rings. The van der Waals surface area contributed by atoms with Crippen LogP contribution in [0.4, 0.5) is 5.82 Å². The van der Waals surface area contributed by atoms with Crippen molar-refractivity contribution < 1.29 is 4.74 Å². The molecule has 2 heterocycles. The fraction of sp³-hybridized carbons (Fsp3) is 0.583. The van der Waals surface area contributed by atoms with Gasteiger partial charge in [-0.1, -0.05) is 6.07 Å². The molecule has 2 rings (SSSR count). The van der Waals surface area contributed by atoms with E-state index in [0.29, 0.717) is 11.7 Å². The molecule has 1 aliphatic rings. The van der Waals surface area contributed by atoms with Crippen molar-refractivity contribution in [3.05, 3.63) is 23.9 Å². The highest BCUT2D eigenvalue weighted by atomic mass is 16.5. The summed E-state index contributed by atoms with van der Waals surface area (Å²) in [5, 5.41) is 0. The number of nitrogens with zero attached hydrogens (tertiary/aromatic N) is 2. The smallest absolute Gasteiger partial charge is 0.127 e. The van der Waals surface area contributed by atoms with Crippen LogP contribution >= 0.6 is 0 Å². The van der Waals surface area contributed by atoms with Crippen LogP contribution < -0.4 is 5.73 Å². The van der Waals surface area contributed by atoms with Gasteiger partial charge in [0.25, 0.3) is 0 Å². The van der Waals surface area contributed by atoms with E-state index in [1.165, 1.54) is 6.42 Å². The lowest BCUT2D eigenvalue weighted by Gasteiger charge is -2.16. The van der Waals surface area contributed by atoms with Crippen molar-refractivity contribution in [2.45, 2.75) is 13.0 Å². The van der Waals surface area contributed by atoms with Crippen molar-refractivity contribution in [3.63, 3.8) is 0 Å². The molecule has 88 valence electrons. The molecule has 1 fully saturated rings. The molecular formula is C12H19N3O. The molecule has 0 saturated carbocycles. The Morgan fingerprint density at radius 3 is 3.25 bits per heavy atom. The minimum absolute atomic E-state index is 0.651. The van der Waals surface area contributed by atoms with E-state index in [9.17, 15) is 0 Å².